The van der Waals surface area contributed by atoms with Crippen LogP contribution in [-0.2, 0) is 0 Å². The molecule has 0 rings (SSSR count). The van der Waals surface area contributed by atoms with Gasteiger partial charge in [-0.15, -0.1) is 0 Å². The van der Waals surface area contributed by atoms with Crippen molar-refractivity contribution in [1.82, 2.24) is 0 Å². The third-order valence-electron chi connectivity index (χ3n) is 1.14. The van der Waals surface area contributed by atoms with Crippen LogP contribution >= 0.6 is 22.6 Å². The van der Waals surface area contributed by atoms with Gasteiger partial charge in [-0.25, -0.2) is 0 Å². The summed E-state index contributed by atoms with van der Waals surface area (Å²) in [5.74, 6) is 0.754. The van der Waals surface area contributed by atoms with Crippen molar-refractivity contribution in [3.05, 3.63) is 0 Å². The summed E-state index contributed by atoms with van der Waals surface area (Å²) < 4.78 is 25.7. The molecule has 70 valence electrons. The lowest BCUT2D eigenvalue weighted by Gasteiger charge is -2.20. The van der Waals surface area contributed by atoms with Gasteiger partial charge in [0.1, 0.15) is 0 Å². The molecule has 0 spiro atoms. The molecule has 4 nitrogen and oxygen atoms in total. The molecule has 11 heavy (non-hydrogen) atoms. The predicted molar refractivity (Wildman–Crippen MR) is 51.3 cm³/mol. The van der Waals surface area contributed by atoms with Crippen molar-refractivity contribution in [3.8, 4) is 0 Å². The second kappa shape index (κ2) is 5.23. The summed E-state index contributed by atoms with van der Waals surface area (Å²) in [6, 6.07) is -0.0664. The Morgan fingerprint density at radius 1 is 1.45 bits per heavy atom. The number of hydrogen-bond donors (Lipinski definition) is 4. The van der Waals surface area contributed by atoms with Gasteiger partial charge in [-0.2, -0.15) is 11.8 Å². The van der Waals surface area contributed by atoms with E-state index in [1.54, 1.807) is 11.8 Å². The van der Waals surface area contributed by atoms with Gasteiger partial charge in [-0.1, -0.05) is 0 Å². The summed E-state index contributed by atoms with van der Waals surface area (Å²) in [5.41, 5.74) is 5.55. The molecule has 0 amide bonds. The Morgan fingerprint density at radius 3 is 2.36 bits per heavy atom. The van der Waals surface area contributed by atoms with Crippen LogP contribution in [0.1, 0.15) is 6.42 Å². The molecule has 0 aliphatic rings. The Morgan fingerprint density at radius 2 is 2.00 bits per heavy atom. The molecule has 0 fully saturated rings. The first-order valence-corrected chi connectivity index (χ1v) is 6.25. The van der Waals surface area contributed by atoms with E-state index in [1.165, 1.54) is 0 Å². The molecule has 0 bridgehead atoms. The standard InChI is InChI=1S/C5H15NO3S2/c1-10-4-5(6)2-3-11(7,8)9/h5,7-9H,2-4,6H2,1H3. The van der Waals surface area contributed by atoms with Gasteiger partial charge >= 0.3 is 0 Å². The number of hydrogen-bond acceptors (Lipinski definition) is 5. The van der Waals surface area contributed by atoms with Crippen LogP contribution in [0.3, 0.4) is 0 Å². The highest BCUT2D eigenvalue weighted by molar-refractivity contribution is 8.19. The topological polar surface area (TPSA) is 86.7 Å². The molecule has 0 saturated heterocycles. The SMILES string of the molecule is CSCC(N)CCS(O)(O)O. The summed E-state index contributed by atoms with van der Waals surface area (Å²) >= 11 is 1.60. The Balaban J connectivity index is 3.38. The first kappa shape index (κ1) is 11.5. The molecule has 0 aromatic carbocycles. The lowest BCUT2D eigenvalue weighted by atomic mass is 10.3. The maximum Gasteiger partial charge on any atom is 0.0810 e. The predicted octanol–water partition coefficient (Wildman–Crippen LogP) is 1.29. The van der Waals surface area contributed by atoms with E-state index < -0.39 is 10.9 Å². The second-order valence-electron chi connectivity index (χ2n) is 2.34. The van der Waals surface area contributed by atoms with E-state index in [4.69, 9.17) is 19.4 Å². The Labute approximate surface area is 72.7 Å². The summed E-state index contributed by atoms with van der Waals surface area (Å²) in [4.78, 5) is 0. The third-order valence-corrected chi connectivity index (χ3v) is 2.69. The van der Waals surface area contributed by atoms with E-state index in [-0.39, 0.29) is 11.8 Å². The zero-order valence-corrected chi connectivity index (χ0v) is 8.07. The van der Waals surface area contributed by atoms with Gasteiger partial charge in [0.25, 0.3) is 0 Å². The minimum absolute atomic E-state index is 0.0191. The van der Waals surface area contributed by atoms with E-state index in [0.717, 1.165) is 5.75 Å². The number of rotatable bonds is 5. The van der Waals surface area contributed by atoms with Gasteiger partial charge in [0.2, 0.25) is 0 Å². The molecule has 0 aromatic rings. The van der Waals surface area contributed by atoms with Crippen molar-refractivity contribution in [1.29, 1.82) is 0 Å². The molecule has 0 aromatic heterocycles. The van der Waals surface area contributed by atoms with Gasteiger partial charge in [0.05, 0.1) is 10.9 Å². The molecule has 0 heterocycles. The first-order valence-electron chi connectivity index (χ1n) is 3.18. The van der Waals surface area contributed by atoms with E-state index in [0.29, 0.717) is 6.42 Å². The molecule has 0 saturated carbocycles. The second-order valence-corrected chi connectivity index (χ2v) is 4.92. The van der Waals surface area contributed by atoms with Gasteiger partial charge in [0, 0.05) is 17.5 Å². The average molecular weight is 201 g/mol. The molecule has 1 atom stereocenters. The highest BCUT2D eigenvalue weighted by atomic mass is 32.3. The molecular weight excluding hydrogens is 186 g/mol. The van der Waals surface area contributed by atoms with Crippen LogP contribution in [0.15, 0.2) is 0 Å². The van der Waals surface area contributed by atoms with Gasteiger partial charge < -0.3 is 19.4 Å². The third kappa shape index (κ3) is 8.45. The average Bonchev–Trinajstić information content (AvgIpc) is 1.83. The molecular formula is C5H15NO3S2. The maximum atomic E-state index is 8.57. The normalized spacial score (nSPS) is 16.5. The number of nitrogens with two attached hydrogens (primary N) is 1. The Bertz CT molecular complexity index is 106. The first-order chi connectivity index (χ1) is 4.95. The monoisotopic (exact) mass is 201 g/mol. The quantitative estimate of drug-likeness (QED) is 0.538. The van der Waals surface area contributed by atoms with E-state index >= 15 is 0 Å². The van der Waals surface area contributed by atoms with Crippen LogP contribution in [0.4, 0.5) is 0 Å². The highest BCUT2D eigenvalue weighted by Crippen LogP contribution is 2.33. The summed E-state index contributed by atoms with van der Waals surface area (Å²) in [5, 5.41) is 0. The van der Waals surface area contributed by atoms with Crippen molar-refractivity contribution in [3.63, 3.8) is 0 Å². The Kier molecular flexibility index (Phi) is 5.49. The minimum atomic E-state index is -3.33. The summed E-state index contributed by atoms with van der Waals surface area (Å²) in [6.07, 6.45) is 2.37. The fraction of sp³-hybridized carbons (Fsp3) is 1.00. The van der Waals surface area contributed by atoms with Crippen LogP contribution in [-0.4, -0.2) is 37.5 Å². The fourth-order valence-corrected chi connectivity index (χ4v) is 1.82. The largest absolute Gasteiger partial charge is 0.327 e. The zero-order valence-electron chi connectivity index (χ0n) is 6.43. The molecule has 6 heteroatoms. The highest BCUT2D eigenvalue weighted by Gasteiger charge is 2.13. The van der Waals surface area contributed by atoms with Crippen LogP contribution in [0.25, 0.3) is 0 Å². The zero-order chi connectivity index (χ0) is 8.91. The van der Waals surface area contributed by atoms with Gasteiger partial charge in [-0.05, 0) is 12.7 Å². The molecule has 5 N–H and O–H groups in total. The maximum absolute atomic E-state index is 8.57. The molecule has 1 unspecified atom stereocenters. The van der Waals surface area contributed by atoms with E-state index in [1.807, 2.05) is 6.26 Å². The summed E-state index contributed by atoms with van der Waals surface area (Å²) in [6.45, 7) is 0. The lowest BCUT2D eigenvalue weighted by molar-refractivity contribution is 0.373. The van der Waals surface area contributed by atoms with Gasteiger partial charge in [0.15, 0.2) is 0 Å². The molecule has 0 aliphatic heterocycles. The van der Waals surface area contributed by atoms with Crippen molar-refractivity contribution >= 4 is 22.6 Å². The van der Waals surface area contributed by atoms with Crippen molar-refractivity contribution in [2.45, 2.75) is 12.5 Å². The lowest BCUT2D eigenvalue weighted by Crippen LogP contribution is -2.25. The minimum Gasteiger partial charge on any atom is -0.327 e. The van der Waals surface area contributed by atoms with Crippen LogP contribution in [0.2, 0.25) is 0 Å². The van der Waals surface area contributed by atoms with E-state index in [9.17, 15) is 0 Å². The smallest absolute Gasteiger partial charge is 0.0810 e. The van der Waals surface area contributed by atoms with Crippen LogP contribution < -0.4 is 5.73 Å². The van der Waals surface area contributed by atoms with Gasteiger partial charge in [-0.3, -0.25) is 0 Å². The number of thioether (sulfide) groups is 1. The van der Waals surface area contributed by atoms with Crippen LogP contribution in [0.5, 0.6) is 0 Å². The summed E-state index contributed by atoms with van der Waals surface area (Å²) in [7, 11) is -3.33. The van der Waals surface area contributed by atoms with Crippen LogP contribution in [0, 0.1) is 0 Å². The van der Waals surface area contributed by atoms with Crippen molar-refractivity contribution in [2.75, 3.05) is 17.8 Å². The van der Waals surface area contributed by atoms with Crippen molar-refractivity contribution in [2.24, 2.45) is 5.73 Å². The fourth-order valence-electron chi connectivity index (χ4n) is 0.607. The van der Waals surface area contributed by atoms with Crippen molar-refractivity contribution < 1.29 is 13.7 Å². The Hall–Kier alpha value is 0.540. The molecule has 0 radical (unpaired) electrons. The molecule has 0 aliphatic carbocycles. The van der Waals surface area contributed by atoms with E-state index in [2.05, 4.69) is 0 Å².